The van der Waals surface area contributed by atoms with Crippen LogP contribution in [0.5, 0.6) is 0 Å². The van der Waals surface area contributed by atoms with Crippen LogP contribution in [0.15, 0.2) is 42.5 Å². The third kappa shape index (κ3) is 5.45. The predicted octanol–water partition coefficient (Wildman–Crippen LogP) is 4.38. The summed E-state index contributed by atoms with van der Waals surface area (Å²) in [6.07, 6.45) is -1.16. The number of nitrogens with one attached hydrogen (secondary N) is 1. The maximum absolute atomic E-state index is 13.2. The number of halogens is 2. The van der Waals surface area contributed by atoms with Crippen molar-refractivity contribution in [3.8, 4) is 0 Å². The van der Waals surface area contributed by atoms with Crippen molar-refractivity contribution >= 4 is 23.3 Å². The molecule has 2 aromatic carbocycles. The first-order valence-corrected chi connectivity index (χ1v) is 8.60. The molecular weight excluding hydrogens is 368 g/mol. The fourth-order valence-corrected chi connectivity index (χ4v) is 2.22. The summed E-state index contributed by atoms with van der Waals surface area (Å²) in [6.45, 7) is 6.70. The average Bonchev–Trinajstić information content (AvgIpc) is 2.60. The molecule has 0 saturated carbocycles. The second-order valence-electron chi connectivity index (χ2n) is 7.35. The third-order valence-corrected chi connectivity index (χ3v) is 3.86. The van der Waals surface area contributed by atoms with Crippen molar-refractivity contribution in [3.05, 3.63) is 65.2 Å². The minimum Gasteiger partial charge on any atom is -0.451 e. The van der Waals surface area contributed by atoms with Crippen molar-refractivity contribution in [2.75, 3.05) is 5.32 Å². The summed E-state index contributed by atoms with van der Waals surface area (Å²) in [7, 11) is 0. The Morgan fingerprint density at radius 3 is 1.96 bits per heavy atom. The molecule has 1 amide bonds. The van der Waals surface area contributed by atoms with Crippen LogP contribution >= 0.6 is 0 Å². The number of amides is 1. The smallest absolute Gasteiger partial charge is 0.339 e. The fraction of sp³-hybridized carbons (Fsp3) is 0.286. The van der Waals surface area contributed by atoms with E-state index >= 15 is 0 Å². The number of anilines is 1. The van der Waals surface area contributed by atoms with Crippen LogP contribution in [-0.2, 0) is 9.53 Å². The number of carbonyl (C=O) groups excluding carboxylic acids is 3. The van der Waals surface area contributed by atoms with E-state index in [1.54, 1.807) is 32.9 Å². The molecule has 0 saturated heterocycles. The zero-order chi connectivity index (χ0) is 21.1. The molecule has 5 nitrogen and oxygen atoms in total. The first-order valence-electron chi connectivity index (χ1n) is 8.60. The second-order valence-corrected chi connectivity index (χ2v) is 7.35. The number of hydrogen-bond acceptors (Lipinski definition) is 4. The summed E-state index contributed by atoms with van der Waals surface area (Å²) in [4.78, 5) is 36.4. The highest BCUT2D eigenvalue weighted by molar-refractivity contribution is 6.02. The van der Waals surface area contributed by atoms with Crippen LogP contribution in [0, 0.1) is 17.0 Å². The molecule has 148 valence electrons. The van der Waals surface area contributed by atoms with Gasteiger partial charge in [-0.3, -0.25) is 9.59 Å². The Hall–Kier alpha value is -3.09. The highest BCUT2D eigenvalue weighted by Crippen LogP contribution is 2.19. The number of esters is 1. The Morgan fingerprint density at radius 2 is 1.46 bits per heavy atom. The minimum absolute atomic E-state index is 0.170. The molecule has 1 N–H and O–H groups in total. The number of Topliss-reactive ketones (excluding diaryl/α,β-unsaturated/α-hetero) is 1. The van der Waals surface area contributed by atoms with Crippen LogP contribution in [0.2, 0.25) is 0 Å². The van der Waals surface area contributed by atoms with E-state index in [0.717, 1.165) is 12.1 Å². The zero-order valence-corrected chi connectivity index (χ0v) is 16.0. The van der Waals surface area contributed by atoms with Gasteiger partial charge < -0.3 is 10.1 Å². The van der Waals surface area contributed by atoms with Gasteiger partial charge in [-0.25, -0.2) is 13.6 Å². The van der Waals surface area contributed by atoms with Gasteiger partial charge in [-0.15, -0.1) is 0 Å². The quantitative estimate of drug-likeness (QED) is 0.609. The Morgan fingerprint density at radius 1 is 0.929 bits per heavy atom. The molecule has 2 aromatic rings. The number of hydrogen-bond donors (Lipinski definition) is 1. The summed E-state index contributed by atoms with van der Waals surface area (Å²) >= 11 is 0. The molecule has 0 radical (unpaired) electrons. The summed E-state index contributed by atoms with van der Waals surface area (Å²) < 4.78 is 31.4. The molecule has 2 rings (SSSR count). The van der Waals surface area contributed by atoms with Gasteiger partial charge in [0.1, 0.15) is 11.6 Å². The summed E-state index contributed by atoms with van der Waals surface area (Å²) in [5, 5.41) is 2.73. The highest BCUT2D eigenvalue weighted by Gasteiger charge is 2.23. The van der Waals surface area contributed by atoms with Gasteiger partial charge in [0.2, 0.25) is 11.7 Å². The van der Waals surface area contributed by atoms with Gasteiger partial charge in [0.25, 0.3) is 0 Å². The summed E-state index contributed by atoms with van der Waals surface area (Å²) in [5.41, 5.74) is -0.0960. The van der Waals surface area contributed by atoms with Gasteiger partial charge in [-0.1, -0.05) is 20.8 Å². The first kappa shape index (κ1) is 21.2. The van der Waals surface area contributed by atoms with E-state index in [-0.39, 0.29) is 17.0 Å². The van der Waals surface area contributed by atoms with Crippen LogP contribution in [0.4, 0.5) is 14.5 Å². The molecule has 0 bridgehead atoms. The van der Waals surface area contributed by atoms with E-state index in [2.05, 4.69) is 5.32 Å². The van der Waals surface area contributed by atoms with E-state index in [1.165, 1.54) is 19.1 Å². The largest absolute Gasteiger partial charge is 0.451 e. The summed E-state index contributed by atoms with van der Waals surface area (Å²) in [6, 6.07) is 8.40. The number of benzene rings is 2. The second kappa shape index (κ2) is 8.29. The molecule has 0 aromatic heterocycles. The molecule has 0 spiro atoms. The van der Waals surface area contributed by atoms with Crippen molar-refractivity contribution in [1.29, 1.82) is 0 Å². The first-order chi connectivity index (χ1) is 13.0. The molecule has 0 heterocycles. The lowest BCUT2D eigenvalue weighted by molar-refractivity contribution is -0.123. The Kier molecular flexibility index (Phi) is 6.28. The van der Waals surface area contributed by atoms with E-state index in [0.29, 0.717) is 11.8 Å². The van der Waals surface area contributed by atoms with Crippen molar-refractivity contribution in [3.63, 3.8) is 0 Å². The molecule has 0 unspecified atom stereocenters. The van der Waals surface area contributed by atoms with Crippen molar-refractivity contribution in [1.82, 2.24) is 0 Å². The third-order valence-electron chi connectivity index (χ3n) is 3.86. The predicted molar refractivity (Wildman–Crippen MR) is 100 cm³/mol. The van der Waals surface area contributed by atoms with Gasteiger partial charge in [0.15, 0.2) is 6.10 Å². The van der Waals surface area contributed by atoms with Crippen molar-refractivity contribution < 1.29 is 27.9 Å². The van der Waals surface area contributed by atoms with Crippen LogP contribution in [0.3, 0.4) is 0 Å². The number of ether oxygens (including phenoxy) is 1. The van der Waals surface area contributed by atoms with Crippen molar-refractivity contribution in [2.24, 2.45) is 5.41 Å². The van der Waals surface area contributed by atoms with E-state index < -0.39 is 34.9 Å². The normalized spacial score (nSPS) is 12.2. The van der Waals surface area contributed by atoms with Gasteiger partial charge >= 0.3 is 5.97 Å². The van der Waals surface area contributed by atoms with E-state index in [9.17, 15) is 23.2 Å². The fourth-order valence-electron chi connectivity index (χ4n) is 2.22. The molecule has 0 aliphatic heterocycles. The standard InChI is InChI=1S/C21H21F2NO4/c1-12(28-19(26)14-9-15(22)11-16(23)10-14)18(25)13-5-7-17(8-6-13)24-20(27)21(2,3)4/h5-12H,1-4H3,(H,24,27)/t12-/m1/s1. The minimum atomic E-state index is -1.16. The molecule has 7 heteroatoms. The summed E-state index contributed by atoms with van der Waals surface area (Å²) in [5.74, 6) is -3.50. The maximum atomic E-state index is 13.2. The van der Waals surface area contributed by atoms with Gasteiger partial charge in [0.05, 0.1) is 5.56 Å². The lowest BCUT2D eigenvalue weighted by Gasteiger charge is -2.18. The Labute approximate surface area is 161 Å². The molecule has 28 heavy (non-hydrogen) atoms. The highest BCUT2D eigenvalue weighted by atomic mass is 19.1. The number of rotatable bonds is 5. The lowest BCUT2D eigenvalue weighted by atomic mass is 9.95. The van der Waals surface area contributed by atoms with Gasteiger partial charge in [-0.2, -0.15) is 0 Å². The Bertz CT molecular complexity index is 881. The number of ketones is 1. The SMILES string of the molecule is C[C@@H](OC(=O)c1cc(F)cc(F)c1)C(=O)c1ccc(NC(=O)C(C)(C)C)cc1. The monoisotopic (exact) mass is 389 g/mol. The average molecular weight is 389 g/mol. The molecular formula is C21H21F2NO4. The van der Waals surface area contributed by atoms with Gasteiger partial charge in [0, 0.05) is 22.7 Å². The van der Waals surface area contributed by atoms with Crippen LogP contribution in [-0.4, -0.2) is 23.8 Å². The maximum Gasteiger partial charge on any atom is 0.339 e. The van der Waals surface area contributed by atoms with Crippen molar-refractivity contribution in [2.45, 2.75) is 33.8 Å². The van der Waals surface area contributed by atoms with Gasteiger partial charge in [-0.05, 0) is 43.3 Å². The van der Waals surface area contributed by atoms with E-state index in [4.69, 9.17) is 4.74 Å². The van der Waals surface area contributed by atoms with Crippen LogP contribution < -0.4 is 5.32 Å². The lowest BCUT2D eigenvalue weighted by Crippen LogP contribution is -2.27. The molecule has 0 aliphatic carbocycles. The molecule has 0 aliphatic rings. The van der Waals surface area contributed by atoms with E-state index in [1.807, 2.05) is 0 Å². The Balaban J connectivity index is 2.04. The molecule has 0 fully saturated rings. The topological polar surface area (TPSA) is 72.5 Å². The van der Waals surface area contributed by atoms with Crippen LogP contribution in [0.25, 0.3) is 0 Å². The molecule has 1 atom stereocenters. The number of carbonyl (C=O) groups is 3. The zero-order valence-electron chi connectivity index (χ0n) is 16.0. The van der Waals surface area contributed by atoms with Crippen LogP contribution in [0.1, 0.15) is 48.4 Å².